The van der Waals surface area contributed by atoms with Crippen LogP contribution in [0, 0.1) is 0 Å². The van der Waals surface area contributed by atoms with Crippen molar-refractivity contribution in [2.24, 2.45) is 0 Å². The van der Waals surface area contributed by atoms with Gasteiger partial charge in [-0.15, -0.1) is 0 Å². The zero-order valence-corrected chi connectivity index (χ0v) is 19.3. The van der Waals surface area contributed by atoms with Crippen LogP contribution in [-0.2, 0) is 19.3 Å². The fourth-order valence-corrected chi connectivity index (χ4v) is 4.90. The first-order valence-corrected chi connectivity index (χ1v) is 12.6. The summed E-state index contributed by atoms with van der Waals surface area (Å²) in [5, 5.41) is 5.06. The molecule has 0 aliphatic heterocycles. The van der Waals surface area contributed by atoms with Crippen molar-refractivity contribution in [1.29, 1.82) is 0 Å². The van der Waals surface area contributed by atoms with Gasteiger partial charge < -0.3 is 5.32 Å². The van der Waals surface area contributed by atoms with E-state index in [9.17, 15) is 0 Å². The van der Waals surface area contributed by atoms with E-state index in [2.05, 4.69) is 60.8 Å². The van der Waals surface area contributed by atoms with Crippen LogP contribution in [0.25, 0.3) is 10.9 Å². The molecule has 2 heteroatoms. The van der Waals surface area contributed by atoms with Gasteiger partial charge in [0.05, 0.1) is 11.2 Å². The third-order valence-corrected chi connectivity index (χ3v) is 6.69. The number of nitrogens with zero attached hydrogens (tertiary/aromatic N) is 1. The predicted molar refractivity (Wildman–Crippen MR) is 134 cm³/mol. The number of benzene rings is 2. The van der Waals surface area contributed by atoms with Gasteiger partial charge in [-0.05, 0) is 73.9 Å². The number of aryl methyl sites for hydroxylation is 2. The second kappa shape index (κ2) is 11.3. The maximum atomic E-state index is 5.06. The molecule has 3 aromatic rings. The molecule has 0 radical (unpaired) electrons. The highest BCUT2D eigenvalue weighted by atomic mass is 14.9. The fraction of sp³-hybridized carbons (Fsp3) is 0.483. The number of anilines is 2. The van der Waals surface area contributed by atoms with Gasteiger partial charge in [-0.3, -0.25) is 4.98 Å². The van der Waals surface area contributed by atoms with Gasteiger partial charge in [-0.1, -0.05) is 76.1 Å². The third kappa shape index (κ3) is 5.87. The Labute approximate surface area is 188 Å². The highest BCUT2D eigenvalue weighted by Crippen LogP contribution is 2.35. The number of rotatable bonds is 11. The molecule has 1 N–H and O–H groups in total. The van der Waals surface area contributed by atoms with Crippen molar-refractivity contribution >= 4 is 22.3 Å². The molecule has 0 unspecified atom stereocenters. The third-order valence-electron chi connectivity index (χ3n) is 6.69. The van der Waals surface area contributed by atoms with Crippen LogP contribution in [-0.4, -0.2) is 4.98 Å². The molecule has 0 amide bonds. The number of hydrogen-bond donors (Lipinski definition) is 1. The van der Waals surface area contributed by atoms with E-state index in [4.69, 9.17) is 4.98 Å². The average Bonchev–Trinajstić information content (AvgIpc) is 2.81. The first-order valence-electron chi connectivity index (χ1n) is 12.6. The number of nitrogens with one attached hydrogen (secondary N) is 1. The van der Waals surface area contributed by atoms with Crippen LogP contribution in [0.4, 0.5) is 11.4 Å². The summed E-state index contributed by atoms with van der Waals surface area (Å²) >= 11 is 0. The molecule has 31 heavy (non-hydrogen) atoms. The molecular weight excluding hydrogens is 376 g/mol. The van der Waals surface area contributed by atoms with Gasteiger partial charge in [0, 0.05) is 16.8 Å². The Morgan fingerprint density at radius 1 is 0.806 bits per heavy atom. The molecule has 4 rings (SSSR count). The second-order valence-electron chi connectivity index (χ2n) is 9.19. The topological polar surface area (TPSA) is 24.9 Å². The Balaban J connectivity index is 1.49. The molecule has 164 valence electrons. The number of unbranched alkanes of at least 4 members (excludes halogenated alkanes) is 7. The Morgan fingerprint density at radius 3 is 2.35 bits per heavy atom. The van der Waals surface area contributed by atoms with Crippen molar-refractivity contribution in [2.75, 3.05) is 5.32 Å². The van der Waals surface area contributed by atoms with Crippen LogP contribution < -0.4 is 5.32 Å². The molecule has 0 fully saturated rings. The quantitative estimate of drug-likeness (QED) is 0.318. The smallest absolute Gasteiger partial charge is 0.0726 e. The summed E-state index contributed by atoms with van der Waals surface area (Å²) in [5.41, 5.74) is 7.78. The first kappa shape index (κ1) is 21.9. The highest BCUT2D eigenvalue weighted by Gasteiger charge is 2.18. The number of para-hydroxylation sites is 1. The van der Waals surface area contributed by atoms with Crippen molar-refractivity contribution in [1.82, 2.24) is 4.98 Å². The van der Waals surface area contributed by atoms with E-state index in [1.165, 1.54) is 98.5 Å². The van der Waals surface area contributed by atoms with E-state index >= 15 is 0 Å². The largest absolute Gasteiger partial charge is 0.355 e. The number of aromatic nitrogens is 1. The molecule has 2 nitrogen and oxygen atoms in total. The number of hydrogen-bond acceptors (Lipinski definition) is 2. The summed E-state index contributed by atoms with van der Waals surface area (Å²) in [7, 11) is 0. The number of pyridine rings is 1. The summed E-state index contributed by atoms with van der Waals surface area (Å²) < 4.78 is 0. The predicted octanol–water partition coefficient (Wildman–Crippen LogP) is 8.54. The zero-order chi connectivity index (χ0) is 21.3. The Kier molecular flexibility index (Phi) is 7.98. The van der Waals surface area contributed by atoms with Crippen LogP contribution in [0.2, 0.25) is 0 Å². The molecule has 0 atom stereocenters. The van der Waals surface area contributed by atoms with Crippen molar-refractivity contribution in [3.05, 3.63) is 65.4 Å². The minimum atomic E-state index is 1.11. The summed E-state index contributed by atoms with van der Waals surface area (Å²) in [6, 6.07) is 17.6. The van der Waals surface area contributed by atoms with Crippen molar-refractivity contribution < 1.29 is 0 Å². The van der Waals surface area contributed by atoms with Crippen LogP contribution >= 0.6 is 0 Å². The summed E-state index contributed by atoms with van der Waals surface area (Å²) in [5.74, 6) is 0. The first-order chi connectivity index (χ1) is 15.3. The monoisotopic (exact) mass is 414 g/mol. The minimum absolute atomic E-state index is 1.11. The minimum Gasteiger partial charge on any atom is -0.355 e. The Morgan fingerprint density at radius 2 is 1.55 bits per heavy atom. The van der Waals surface area contributed by atoms with E-state index in [-0.39, 0.29) is 0 Å². The van der Waals surface area contributed by atoms with Crippen molar-refractivity contribution in [3.63, 3.8) is 0 Å². The molecule has 0 saturated carbocycles. The summed E-state index contributed by atoms with van der Waals surface area (Å²) in [6.07, 6.45) is 16.9. The van der Waals surface area contributed by atoms with Gasteiger partial charge >= 0.3 is 0 Å². The lowest BCUT2D eigenvalue weighted by atomic mass is 9.92. The number of fused-ring (bicyclic) bond motifs is 2. The van der Waals surface area contributed by atoms with Crippen molar-refractivity contribution in [2.45, 2.75) is 90.4 Å². The zero-order valence-electron chi connectivity index (χ0n) is 19.3. The van der Waals surface area contributed by atoms with Crippen LogP contribution in [0.3, 0.4) is 0 Å². The van der Waals surface area contributed by atoms with E-state index in [0.29, 0.717) is 0 Å². The molecule has 1 aromatic heterocycles. The van der Waals surface area contributed by atoms with Gasteiger partial charge in [0.15, 0.2) is 0 Å². The maximum absolute atomic E-state index is 5.06. The highest BCUT2D eigenvalue weighted by molar-refractivity contribution is 5.95. The maximum Gasteiger partial charge on any atom is 0.0726 e. The molecule has 0 saturated heterocycles. The lowest BCUT2D eigenvalue weighted by molar-refractivity contribution is 0.575. The van der Waals surface area contributed by atoms with Gasteiger partial charge in [0.25, 0.3) is 0 Å². The van der Waals surface area contributed by atoms with Crippen LogP contribution in [0.15, 0.2) is 48.5 Å². The Bertz CT molecular complexity index is 961. The van der Waals surface area contributed by atoms with Gasteiger partial charge in [-0.25, -0.2) is 0 Å². The van der Waals surface area contributed by atoms with E-state index in [0.717, 1.165) is 24.0 Å². The summed E-state index contributed by atoms with van der Waals surface area (Å²) in [4.78, 5) is 5.06. The lowest BCUT2D eigenvalue weighted by Gasteiger charge is -2.22. The van der Waals surface area contributed by atoms with Gasteiger partial charge in [0.1, 0.15) is 0 Å². The molecule has 1 aliphatic carbocycles. The van der Waals surface area contributed by atoms with E-state index < -0.39 is 0 Å². The molecule has 0 bridgehead atoms. The van der Waals surface area contributed by atoms with Gasteiger partial charge in [-0.2, -0.15) is 0 Å². The molecule has 0 spiro atoms. The van der Waals surface area contributed by atoms with E-state index in [1.807, 2.05) is 0 Å². The standard InChI is InChI=1S/C29H38N2/c1-2-3-4-5-6-7-8-10-15-23-20-21-28-26(22-23)29(30-24-16-11-9-12-17-24)25-18-13-14-19-27(25)31-28/h9,11-12,16-17,20-22H,2-8,10,13-15,18-19H2,1H3,(H,30,31). The molecule has 2 aromatic carbocycles. The average molecular weight is 415 g/mol. The van der Waals surface area contributed by atoms with Crippen molar-refractivity contribution in [3.8, 4) is 0 Å². The fourth-order valence-electron chi connectivity index (χ4n) is 4.90. The van der Waals surface area contributed by atoms with E-state index in [1.54, 1.807) is 0 Å². The lowest BCUT2D eigenvalue weighted by Crippen LogP contribution is -2.09. The molecular formula is C29H38N2. The normalized spacial score (nSPS) is 13.3. The second-order valence-corrected chi connectivity index (χ2v) is 9.19. The Hall–Kier alpha value is -2.35. The van der Waals surface area contributed by atoms with Crippen LogP contribution in [0.5, 0.6) is 0 Å². The van der Waals surface area contributed by atoms with Gasteiger partial charge in [0.2, 0.25) is 0 Å². The molecule has 1 aliphatic rings. The SMILES string of the molecule is CCCCCCCCCCc1ccc2nc3c(c(Nc4ccccc4)c2c1)CCCC3. The molecule has 1 heterocycles. The van der Waals surface area contributed by atoms with Crippen LogP contribution in [0.1, 0.15) is 88.0 Å². The summed E-state index contributed by atoms with van der Waals surface area (Å²) in [6.45, 7) is 2.29.